The Hall–Kier alpha value is -2.68. The van der Waals surface area contributed by atoms with Crippen molar-refractivity contribution in [2.45, 2.75) is 10.8 Å². The van der Waals surface area contributed by atoms with Gasteiger partial charge in [-0.15, -0.1) is 0 Å². The average Bonchev–Trinajstić information content (AvgIpc) is 2.93. The second kappa shape index (κ2) is 5.37. The summed E-state index contributed by atoms with van der Waals surface area (Å²) in [4.78, 5) is 35.2. The third-order valence-electron chi connectivity index (χ3n) is 2.83. The summed E-state index contributed by atoms with van der Waals surface area (Å²) in [5, 5.41) is 11.4. The van der Waals surface area contributed by atoms with E-state index in [-0.39, 0.29) is 5.69 Å². The van der Waals surface area contributed by atoms with Gasteiger partial charge in [-0.2, -0.15) is 4.98 Å². The van der Waals surface area contributed by atoms with Crippen molar-refractivity contribution >= 4 is 28.6 Å². The smallest absolute Gasteiger partial charge is 0.341 e. The van der Waals surface area contributed by atoms with Gasteiger partial charge in [0.15, 0.2) is 5.65 Å². The van der Waals surface area contributed by atoms with Crippen LogP contribution in [0.2, 0.25) is 0 Å². The van der Waals surface area contributed by atoms with E-state index in [4.69, 9.17) is 0 Å². The first kappa shape index (κ1) is 13.3. The minimum Gasteiger partial charge on any atom is -0.341 e. The quantitative estimate of drug-likeness (QED) is 0.329. The van der Waals surface area contributed by atoms with Crippen LogP contribution in [0.3, 0.4) is 0 Å². The Balaban J connectivity index is 1.92. The lowest BCUT2D eigenvalue weighted by molar-refractivity contribution is -0.385. The van der Waals surface area contributed by atoms with Gasteiger partial charge in [0.1, 0.15) is 10.5 Å². The van der Waals surface area contributed by atoms with Crippen LogP contribution >= 0.6 is 11.8 Å². The third-order valence-corrected chi connectivity index (χ3v) is 3.86. The second-order valence-corrected chi connectivity index (χ2v) is 5.11. The number of nitro benzene ring substituents is 1. The molecule has 8 nitrogen and oxygen atoms in total. The molecule has 3 aromatic rings. The Morgan fingerprint density at radius 2 is 2.14 bits per heavy atom. The van der Waals surface area contributed by atoms with E-state index in [2.05, 4.69) is 19.9 Å². The van der Waals surface area contributed by atoms with Gasteiger partial charge in [0.2, 0.25) is 0 Å². The molecule has 0 aliphatic rings. The van der Waals surface area contributed by atoms with Gasteiger partial charge < -0.3 is 4.98 Å². The number of hydrogen-bond acceptors (Lipinski definition) is 6. The maximum atomic E-state index is 11.4. The summed E-state index contributed by atoms with van der Waals surface area (Å²) in [7, 11) is 0. The highest BCUT2D eigenvalue weighted by atomic mass is 32.2. The normalized spacial score (nSPS) is 10.9. The van der Waals surface area contributed by atoms with E-state index in [1.54, 1.807) is 18.2 Å². The minimum absolute atomic E-state index is 0.0516. The number of hydrogen-bond donors (Lipinski definition) is 2. The molecule has 0 aliphatic heterocycles. The van der Waals surface area contributed by atoms with Crippen LogP contribution in [0.25, 0.3) is 11.2 Å². The highest BCUT2D eigenvalue weighted by Crippen LogP contribution is 2.28. The number of H-pyrrole nitrogens is 2. The van der Waals surface area contributed by atoms with Gasteiger partial charge in [-0.25, -0.2) is 9.78 Å². The van der Waals surface area contributed by atoms with Gasteiger partial charge in [-0.05, 0) is 0 Å². The Bertz CT molecular complexity index is 872. The molecule has 2 N–H and O–H groups in total. The number of para-hydroxylation sites is 1. The minimum atomic E-state index is -0.500. The van der Waals surface area contributed by atoms with Crippen molar-refractivity contribution in [1.29, 1.82) is 0 Å². The van der Waals surface area contributed by atoms with Crippen molar-refractivity contribution in [3.63, 3.8) is 0 Å². The Kier molecular flexibility index (Phi) is 3.40. The molecule has 106 valence electrons. The average molecular weight is 303 g/mol. The molecule has 2 aromatic heterocycles. The van der Waals surface area contributed by atoms with Gasteiger partial charge in [0.05, 0.1) is 11.3 Å². The summed E-state index contributed by atoms with van der Waals surface area (Å²) >= 11 is 1.25. The lowest BCUT2D eigenvalue weighted by atomic mass is 10.2. The van der Waals surface area contributed by atoms with E-state index in [1.165, 1.54) is 24.2 Å². The molecule has 0 spiro atoms. The first-order chi connectivity index (χ1) is 10.1. The number of fused-ring (bicyclic) bond motifs is 1. The second-order valence-electron chi connectivity index (χ2n) is 4.15. The third kappa shape index (κ3) is 2.63. The van der Waals surface area contributed by atoms with Crippen LogP contribution in [0.1, 0.15) is 5.56 Å². The predicted molar refractivity (Wildman–Crippen MR) is 77.2 cm³/mol. The highest BCUT2D eigenvalue weighted by Gasteiger charge is 2.14. The van der Waals surface area contributed by atoms with Crippen LogP contribution < -0.4 is 5.69 Å². The van der Waals surface area contributed by atoms with Crippen molar-refractivity contribution in [2.24, 2.45) is 0 Å². The molecule has 3 rings (SSSR count). The van der Waals surface area contributed by atoms with Gasteiger partial charge in [0.25, 0.3) is 5.69 Å². The number of thioether (sulfide) groups is 1. The molecule has 0 amide bonds. The van der Waals surface area contributed by atoms with E-state index >= 15 is 0 Å². The zero-order valence-electron chi connectivity index (χ0n) is 10.6. The van der Waals surface area contributed by atoms with Crippen molar-refractivity contribution in [3.8, 4) is 0 Å². The van der Waals surface area contributed by atoms with Crippen molar-refractivity contribution in [2.75, 3.05) is 0 Å². The van der Waals surface area contributed by atoms with Crippen LogP contribution in [-0.4, -0.2) is 24.9 Å². The summed E-state index contributed by atoms with van der Waals surface area (Å²) in [5.41, 5.74) is 1.15. The van der Waals surface area contributed by atoms with Crippen LogP contribution in [0.5, 0.6) is 0 Å². The van der Waals surface area contributed by atoms with Crippen molar-refractivity contribution in [3.05, 3.63) is 56.8 Å². The van der Waals surface area contributed by atoms with E-state index in [1.807, 2.05) is 0 Å². The molecule has 1 aromatic carbocycles. The fourth-order valence-electron chi connectivity index (χ4n) is 1.89. The predicted octanol–water partition coefficient (Wildman–Crippen LogP) is 1.85. The fourth-order valence-corrected chi connectivity index (χ4v) is 2.87. The Morgan fingerprint density at radius 1 is 1.33 bits per heavy atom. The van der Waals surface area contributed by atoms with Gasteiger partial charge >= 0.3 is 5.69 Å². The summed E-state index contributed by atoms with van der Waals surface area (Å²) in [5.74, 6) is 0.335. The maximum absolute atomic E-state index is 11.4. The standard InChI is InChI=1S/C12H9N5O3S/c18-12-15-10-9(13-6-14-10)11(16-12)21-5-7-3-1-2-4-8(7)17(19)20/h1-4,6H,5H2,(H2,13,14,15,16,18). The van der Waals surface area contributed by atoms with Crippen LogP contribution in [0.4, 0.5) is 5.69 Å². The monoisotopic (exact) mass is 303 g/mol. The molecular formula is C12H9N5O3S. The highest BCUT2D eigenvalue weighted by molar-refractivity contribution is 7.98. The first-order valence-corrected chi connectivity index (χ1v) is 6.92. The number of nitrogens with one attached hydrogen (secondary N) is 2. The summed E-state index contributed by atoms with van der Waals surface area (Å²) in [6.45, 7) is 0. The molecule has 9 heteroatoms. The Morgan fingerprint density at radius 3 is 2.95 bits per heavy atom. The zero-order valence-corrected chi connectivity index (χ0v) is 11.4. The van der Waals surface area contributed by atoms with Crippen molar-refractivity contribution in [1.82, 2.24) is 19.9 Å². The molecule has 21 heavy (non-hydrogen) atoms. The number of nitrogens with zero attached hydrogens (tertiary/aromatic N) is 3. The number of aromatic nitrogens is 4. The molecular weight excluding hydrogens is 294 g/mol. The lowest BCUT2D eigenvalue weighted by Gasteiger charge is -2.03. The number of benzene rings is 1. The number of imidazole rings is 1. The number of aromatic amines is 2. The fraction of sp³-hybridized carbons (Fsp3) is 0.0833. The molecule has 0 bridgehead atoms. The molecule has 0 saturated heterocycles. The molecule has 0 unspecified atom stereocenters. The van der Waals surface area contributed by atoms with E-state index in [9.17, 15) is 14.9 Å². The van der Waals surface area contributed by atoms with E-state index in [0.29, 0.717) is 27.5 Å². The largest absolute Gasteiger partial charge is 0.347 e. The number of nitro groups is 1. The van der Waals surface area contributed by atoms with E-state index < -0.39 is 10.6 Å². The van der Waals surface area contributed by atoms with Crippen LogP contribution in [0.15, 0.2) is 40.4 Å². The van der Waals surface area contributed by atoms with Gasteiger partial charge in [-0.1, -0.05) is 30.0 Å². The topological polar surface area (TPSA) is 118 Å². The SMILES string of the molecule is O=c1nc(SCc2ccccc2[N+](=O)[O-])c2[nH]cnc2[nH]1. The molecule has 0 radical (unpaired) electrons. The Labute approximate surface area is 121 Å². The summed E-state index contributed by atoms with van der Waals surface area (Å²) in [6, 6.07) is 6.49. The van der Waals surface area contributed by atoms with Gasteiger partial charge in [0, 0.05) is 17.4 Å². The first-order valence-electron chi connectivity index (χ1n) is 5.93. The summed E-state index contributed by atoms with van der Waals surface area (Å²) < 4.78 is 0. The van der Waals surface area contributed by atoms with Crippen LogP contribution in [-0.2, 0) is 5.75 Å². The lowest BCUT2D eigenvalue weighted by Crippen LogP contribution is -2.11. The molecule has 0 atom stereocenters. The van der Waals surface area contributed by atoms with Crippen molar-refractivity contribution < 1.29 is 4.92 Å². The molecule has 0 saturated carbocycles. The number of rotatable bonds is 4. The molecule has 0 aliphatic carbocycles. The summed E-state index contributed by atoms with van der Waals surface area (Å²) in [6.07, 6.45) is 1.46. The van der Waals surface area contributed by atoms with Crippen LogP contribution in [0, 0.1) is 10.1 Å². The maximum Gasteiger partial charge on any atom is 0.347 e. The molecule has 2 heterocycles. The molecule has 0 fully saturated rings. The van der Waals surface area contributed by atoms with Gasteiger partial charge in [-0.3, -0.25) is 15.1 Å². The zero-order chi connectivity index (χ0) is 14.8. The van der Waals surface area contributed by atoms with E-state index in [0.717, 1.165) is 0 Å².